The highest BCUT2D eigenvalue weighted by Crippen LogP contribution is 2.17. The van der Waals surface area contributed by atoms with Crippen molar-refractivity contribution >= 4 is 5.69 Å². The number of benzene rings is 1. The molecule has 1 heterocycles. The van der Waals surface area contributed by atoms with Crippen LogP contribution in [0.2, 0.25) is 0 Å². The Labute approximate surface area is 82.0 Å². The van der Waals surface area contributed by atoms with Gasteiger partial charge in [-0.15, -0.1) is 5.10 Å². The predicted molar refractivity (Wildman–Crippen MR) is 54.8 cm³/mol. The molecule has 0 aliphatic heterocycles. The van der Waals surface area contributed by atoms with Crippen molar-refractivity contribution in [3.63, 3.8) is 0 Å². The van der Waals surface area contributed by atoms with Gasteiger partial charge in [-0.05, 0) is 12.1 Å². The quantitative estimate of drug-likeness (QED) is 0.773. The fourth-order valence-corrected chi connectivity index (χ4v) is 1.19. The minimum absolute atomic E-state index is 0.643. The van der Waals surface area contributed by atoms with E-state index >= 15 is 0 Å². The lowest BCUT2D eigenvalue weighted by molar-refractivity contribution is 0.980. The molecule has 70 valence electrons. The van der Waals surface area contributed by atoms with E-state index < -0.39 is 0 Å². The van der Waals surface area contributed by atoms with Gasteiger partial charge in [-0.25, -0.2) is 4.98 Å². The predicted octanol–water partition coefficient (Wildman–Crippen LogP) is 1.58. The second-order valence-electron chi connectivity index (χ2n) is 2.80. The smallest absolute Gasteiger partial charge is 0.181 e. The van der Waals surface area contributed by atoms with Gasteiger partial charge >= 0.3 is 0 Å². The molecule has 1 aromatic heterocycles. The molecule has 0 saturated carbocycles. The van der Waals surface area contributed by atoms with Gasteiger partial charge in [0.1, 0.15) is 0 Å². The van der Waals surface area contributed by atoms with Crippen LogP contribution in [0.25, 0.3) is 11.4 Å². The minimum Gasteiger partial charge on any atom is -0.388 e. The Hall–Kier alpha value is -1.97. The number of nitrogens with one attached hydrogen (secondary N) is 1. The van der Waals surface area contributed by atoms with Gasteiger partial charge in [0.05, 0.1) is 6.20 Å². The SMILES string of the molecule is CNc1cccc(-c2nccnn2)c1. The van der Waals surface area contributed by atoms with Crippen molar-refractivity contribution in [2.45, 2.75) is 0 Å². The fourth-order valence-electron chi connectivity index (χ4n) is 1.19. The molecule has 4 nitrogen and oxygen atoms in total. The first-order valence-electron chi connectivity index (χ1n) is 4.32. The molecule has 0 atom stereocenters. The Bertz CT molecular complexity index is 413. The molecule has 2 rings (SSSR count). The number of anilines is 1. The topological polar surface area (TPSA) is 50.7 Å². The van der Waals surface area contributed by atoms with Crippen molar-refractivity contribution in [2.24, 2.45) is 0 Å². The summed E-state index contributed by atoms with van der Waals surface area (Å²) in [7, 11) is 1.88. The van der Waals surface area contributed by atoms with E-state index in [0.717, 1.165) is 11.3 Å². The summed E-state index contributed by atoms with van der Waals surface area (Å²) in [5, 5.41) is 10.8. The normalized spacial score (nSPS) is 9.79. The molecule has 0 bridgehead atoms. The molecule has 0 amide bonds. The van der Waals surface area contributed by atoms with Crippen molar-refractivity contribution in [3.8, 4) is 11.4 Å². The summed E-state index contributed by atoms with van der Waals surface area (Å²) in [4.78, 5) is 4.12. The van der Waals surface area contributed by atoms with E-state index in [4.69, 9.17) is 0 Å². The Morgan fingerprint density at radius 1 is 1.21 bits per heavy atom. The maximum Gasteiger partial charge on any atom is 0.181 e. The van der Waals surface area contributed by atoms with Crippen molar-refractivity contribution in [3.05, 3.63) is 36.7 Å². The molecule has 0 fully saturated rings. The first kappa shape index (κ1) is 8.62. The zero-order valence-electron chi connectivity index (χ0n) is 7.81. The molecule has 1 aromatic carbocycles. The number of nitrogens with zero attached hydrogens (tertiary/aromatic N) is 3. The van der Waals surface area contributed by atoms with Crippen LogP contribution < -0.4 is 5.32 Å². The Balaban J connectivity index is 2.42. The van der Waals surface area contributed by atoms with Crippen molar-refractivity contribution in [1.82, 2.24) is 15.2 Å². The molecular formula is C10H10N4. The van der Waals surface area contributed by atoms with E-state index in [0.29, 0.717) is 5.82 Å². The molecule has 0 radical (unpaired) electrons. The van der Waals surface area contributed by atoms with Crippen LogP contribution in [0.3, 0.4) is 0 Å². The highest BCUT2D eigenvalue weighted by Gasteiger charge is 2.00. The van der Waals surface area contributed by atoms with Gasteiger partial charge in [-0.2, -0.15) is 5.10 Å². The van der Waals surface area contributed by atoms with E-state index in [9.17, 15) is 0 Å². The number of hydrogen-bond acceptors (Lipinski definition) is 4. The van der Waals surface area contributed by atoms with Crippen LogP contribution in [0.5, 0.6) is 0 Å². The van der Waals surface area contributed by atoms with Crippen LogP contribution in [-0.4, -0.2) is 22.2 Å². The third-order valence-corrected chi connectivity index (χ3v) is 1.89. The maximum absolute atomic E-state index is 4.12. The molecule has 2 aromatic rings. The third-order valence-electron chi connectivity index (χ3n) is 1.89. The Morgan fingerprint density at radius 2 is 2.14 bits per heavy atom. The zero-order valence-corrected chi connectivity index (χ0v) is 7.81. The summed E-state index contributed by atoms with van der Waals surface area (Å²) in [6.07, 6.45) is 3.19. The average molecular weight is 186 g/mol. The van der Waals surface area contributed by atoms with Crippen molar-refractivity contribution in [2.75, 3.05) is 12.4 Å². The molecule has 1 N–H and O–H groups in total. The van der Waals surface area contributed by atoms with Crippen molar-refractivity contribution in [1.29, 1.82) is 0 Å². The molecule has 14 heavy (non-hydrogen) atoms. The van der Waals surface area contributed by atoms with E-state index in [1.807, 2.05) is 31.3 Å². The number of rotatable bonds is 2. The Kier molecular flexibility index (Phi) is 2.36. The standard InChI is InChI=1S/C10H10N4/c1-11-9-4-2-3-8(7-9)10-12-5-6-13-14-10/h2-7,11H,1H3. The molecule has 0 unspecified atom stereocenters. The molecule has 0 aliphatic carbocycles. The van der Waals surface area contributed by atoms with Gasteiger partial charge in [0.15, 0.2) is 5.82 Å². The summed E-state index contributed by atoms with van der Waals surface area (Å²) in [6.45, 7) is 0. The fraction of sp³-hybridized carbons (Fsp3) is 0.100. The molecule has 0 saturated heterocycles. The van der Waals surface area contributed by atoms with Crippen LogP contribution in [-0.2, 0) is 0 Å². The lowest BCUT2D eigenvalue weighted by atomic mass is 10.2. The minimum atomic E-state index is 0.643. The van der Waals surface area contributed by atoms with Crippen molar-refractivity contribution < 1.29 is 0 Å². The number of hydrogen-bond donors (Lipinski definition) is 1. The first-order chi connectivity index (χ1) is 6.90. The summed E-state index contributed by atoms with van der Waals surface area (Å²) >= 11 is 0. The van der Waals surface area contributed by atoms with Crippen LogP contribution in [0.1, 0.15) is 0 Å². The maximum atomic E-state index is 4.12. The molecule has 0 aliphatic rings. The second kappa shape index (κ2) is 3.83. The molecule has 4 heteroatoms. The van der Waals surface area contributed by atoms with Gasteiger partial charge in [-0.3, -0.25) is 0 Å². The van der Waals surface area contributed by atoms with Gasteiger partial charge in [-0.1, -0.05) is 12.1 Å². The van der Waals surface area contributed by atoms with E-state index in [2.05, 4.69) is 20.5 Å². The van der Waals surface area contributed by atoms with Gasteiger partial charge in [0, 0.05) is 24.5 Å². The number of aromatic nitrogens is 3. The van der Waals surface area contributed by atoms with E-state index in [1.165, 1.54) is 0 Å². The van der Waals surface area contributed by atoms with E-state index in [1.54, 1.807) is 12.4 Å². The van der Waals surface area contributed by atoms with Crippen LogP contribution in [0.4, 0.5) is 5.69 Å². The second-order valence-corrected chi connectivity index (χ2v) is 2.80. The highest BCUT2D eigenvalue weighted by molar-refractivity contribution is 5.61. The van der Waals surface area contributed by atoms with E-state index in [-0.39, 0.29) is 0 Å². The average Bonchev–Trinajstić information content (AvgIpc) is 2.30. The van der Waals surface area contributed by atoms with Gasteiger partial charge in [0.2, 0.25) is 0 Å². The van der Waals surface area contributed by atoms with Crippen LogP contribution in [0, 0.1) is 0 Å². The molecular weight excluding hydrogens is 176 g/mol. The largest absolute Gasteiger partial charge is 0.388 e. The summed E-state index contributed by atoms with van der Waals surface area (Å²) in [5.74, 6) is 0.643. The Morgan fingerprint density at radius 3 is 2.86 bits per heavy atom. The summed E-state index contributed by atoms with van der Waals surface area (Å²) < 4.78 is 0. The highest BCUT2D eigenvalue weighted by atomic mass is 15.1. The zero-order chi connectivity index (χ0) is 9.80. The monoisotopic (exact) mass is 186 g/mol. The third kappa shape index (κ3) is 1.69. The van der Waals surface area contributed by atoms with Crippen LogP contribution in [0.15, 0.2) is 36.7 Å². The van der Waals surface area contributed by atoms with Crippen LogP contribution >= 0.6 is 0 Å². The summed E-state index contributed by atoms with van der Waals surface area (Å²) in [5.41, 5.74) is 2.00. The first-order valence-corrected chi connectivity index (χ1v) is 4.32. The lowest BCUT2D eigenvalue weighted by Gasteiger charge is -2.02. The molecule has 0 spiro atoms. The summed E-state index contributed by atoms with van der Waals surface area (Å²) in [6, 6.07) is 7.88. The van der Waals surface area contributed by atoms with Gasteiger partial charge < -0.3 is 5.32 Å². The van der Waals surface area contributed by atoms with Gasteiger partial charge in [0.25, 0.3) is 0 Å². The lowest BCUT2D eigenvalue weighted by Crippen LogP contribution is -1.92.